The van der Waals surface area contributed by atoms with E-state index in [-0.39, 0.29) is 22.8 Å². The zero-order chi connectivity index (χ0) is 19.6. The maximum atomic E-state index is 12.7. The van der Waals surface area contributed by atoms with Gasteiger partial charge in [-0.15, -0.1) is 0 Å². The lowest BCUT2D eigenvalue weighted by molar-refractivity contribution is -0.166. The summed E-state index contributed by atoms with van der Waals surface area (Å²) in [7, 11) is -3.97. The lowest BCUT2D eigenvalue weighted by Crippen LogP contribution is -2.60. The third-order valence-corrected chi connectivity index (χ3v) is 7.99. The van der Waals surface area contributed by atoms with E-state index in [0.717, 1.165) is 37.1 Å². The smallest absolute Gasteiger partial charge is 0.416 e. The molecule has 4 aliphatic rings. The Bertz CT molecular complexity index is 850. The molecule has 5 nitrogen and oxygen atoms in total. The number of aliphatic carboxylic acids is 1. The molecule has 27 heavy (non-hydrogen) atoms. The Hall–Kier alpha value is -1.61. The summed E-state index contributed by atoms with van der Waals surface area (Å²) >= 11 is 0. The molecule has 2 unspecified atom stereocenters. The zero-order valence-electron chi connectivity index (χ0n) is 14.4. The molecule has 4 fully saturated rings. The zero-order valence-corrected chi connectivity index (χ0v) is 15.2. The first-order chi connectivity index (χ1) is 12.5. The van der Waals surface area contributed by atoms with Gasteiger partial charge in [0.1, 0.15) is 0 Å². The molecule has 1 aromatic carbocycles. The Morgan fingerprint density at radius 3 is 2.11 bits per heavy atom. The number of hydrogen-bond acceptors (Lipinski definition) is 3. The van der Waals surface area contributed by atoms with E-state index in [4.69, 9.17) is 0 Å². The Morgan fingerprint density at radius 1 is 1.07 bits per heavy atom. The molecule has 2 atom stereocenters. The second kappa shape index (κ2) is 5.94. The molecule has 9 heteroatoms. The van der Waals surface area contributed by atoms with Gasteiger partial charge in [0.15, 0.2) is 0 Å². The highest BCUT2D eigenvalue weighted by Crippen LogP contribution is 2.60. The van der Waals surface area contributed by atoms with Crippen LogP contribution in [0.25, 0.3) is 0 Å². The van der Waals surface area contributed by atoms with E-state index < -0.39 is 33.1 Å². The summed E-state index contributed by atoms with van der Waals surface area (Å²) < 4.78 is 66.1. The van der Waals surface area contributed by atoms with Crippen molar-refractivity contribution in [3.8, 4) is 0 Å². The topological polar surface area (TPSA) is 83.5 Å². The average Bonchev–Trinajstić information content (AvgIpc) is 2.57. The lowest BCUT2D eigenvalue weighted by atomic mass is 9.48. The number of sulfonamides is 1. The van der Waals surface area contributed by atoms with Crippen LogP contribution in [-0.2, 0) is 21.0 Å². The van der Waals surface area contributed by atoms with Gasteiger partial charge < -0.3 is 5.11 Å². The van der Waals surface area contributed by atoms with E-state index in [1.54, 1.807) is 0 Å². The highest BCUT2D eigenvalue weighted by molar-refractivity contribution is 7.89. The third-order valence-electron chi connectivity index (χ3n) is 6.51. The molecule has 0 amide bonds. The van der Waals surface area contributed by atoms with Gasteiger partial charge in [-0.25, -0.2) is 13.1 Å². The van der Waals surface area contributed by atoms with Gasteiger partial charge in [-0.3, -0.25) is 4.79 Å². The normalized spacial score (nSPS) is 35.4. The number of hydrogen-bond donors (Lipinski definition) is 2. The van der Waals surface area contributed by atoms with Crippen molar-refractivity contribution >= 4 is 16.0 Å². The van der Waals surface area contributed by atoms with Crippen LogP contribution in [0, 0.1) is 23.2 Å². The number of halogens is 3. The van der Waals surface area contributed by atoms with E-state index >= 15 is 0 Å². The van der Waals surface area contributed by atoms with Gasteiger partial charge in [-0.05, 0) is 74.1 Å². The molecular weight excluding hydrogens is 383 g/mol. The Balaban J connectivity index is 1.55. The fourth-order valence-electron chi connectivity index (χ4n) is 5.55. The predicted molar refractivity (Wildman–Crippen MR) is 89.2 cm³/mol. The summed E-state index contributed by atoms with van der Waals surface area (Å²) in [4.78, 5) is 11.5. The quantitative estimate of drug-likeness (QED) is 0.808. The molecule has 0 aromatic heterocycles. The van der Waals surface area contributed by atoms with Crippen LogP contribution in [0.1, 0.15) is 37.7 Å². The van der Waals surface area contributed by atoms with Crippen LogP contribution in [0.2, 0.25) is 0 Å². The largest absolute Gasteiger partial charge is 0.481 e. The summed E-state index contributed by atoms with van der Waals surface area (Å²) in [5.41, 5.74) is -1.65. The SMILES string of the molecule is O=C(O)C12CC3CC(C1)C(NS(=O)(=O)c1ccc(C(F)(F)F)cc1)C(C3)C2. The van der Waals surface area contributed by atoms with Crippen LogP contribution < -0.4 is 4.72 Å². The number of carbonyl (C=O) groups is 1. The number of carboxylic acids is 1. The minimum Gasteiger partial charge on any atom is -0.481 e. The Labute approximate surface area is 155 Å². The van der Waals surface area contributed by atoms with Crippen molar-refractivity contribution in [2.45, 2.75) is 49.2 Å². The molecular formula is C18H20F3NO4S. The van der Waals surface area contributed by atoms with Crippen LogP contribution in [0.15, 0.2) is 29.2 Å². The molecule has 1 aromatic rings. The molecule has 5 rings (SSSR count). The first-order valence-corrected chi connectivity index (χ1v) is 10.4. The Kier molecular flexibility index (Phi) is 4.12. The fraction of sp³-hybridized carbons (Fsp3) is 0.611. The maximum absolute atomic E-state index is 12.7. The van der Waals surface area contributed by atoms with Crippen molar-refractivity contribution in [2.24, 2.45) is 23.2 Å². The first-order valence-electron chi connectivity index (χ1n) is 8.93. The summed E-state index contributed by atoms with van der Waals surface area (Å²) in [6.07, 6.45) is -1.36. The minimum absolute atomic E-state index is 0.0448. The molecule has 0 spiro atoms. The third kappa shape index (κ3) is 3.14. The van der Waals surface area contributed by atoms with Gasteiger partial charge in [0.05, 0.1) is 15.9 Å². The fourth-order valence-corrected chi connectivity index (χ4v) is 6.92. The average molecular weight is 403 g/mol. The molecule has 0 aliphatic heterocycles. The van der Waals surface area contributed by atoms with Crippen molar-refractivity contribution in [1.29, 1.82) is 0 Å². The van der Waals surface area contributed by atoms with E-state index in [2.05, 4.69) is 4.72 Å². The Morgan fingerprint density at radius 2 is 1.63 bits per heavy atom. The van der Waals surface area contributed by atoms with Crippen LogP contribution in [0.3, 0.4) is 0 Å². The van der Waals surface area contributed by atoms with Crippen molar-refractivity contribution in [2.75, 3.05) is 0 Å². The summed E-state index contributed by atoms with van der Waals surface area (Å²) in [6, 6.07) is 3.07. The number of alkyl halides is 3. The van der Waals surface area contributed by atoms with Crippen LogP contribution >= 0.6 is 0 Å². The van der Waals surface area contributed by atoms with E-state index in [1.165, 1.54) is 0 Å². The molecule has 4 aliphatic carbocycles. The summed E-state index contributed by atoms with van der Waals surface area (Å²) in [5, 5.41) is 9.64. The minimum atomic E-state index is -4.53. The first kappa shape index (κ1) is 18.7. The standard InChI is InChI=1S/C18H20F3NO4S/c19-18(20,21)13-1-3-14(4-2-13)27(25,26)22-15-11-5-10-6-12(15)9-17(7-10,8-11)16(23)24/h1-4,10-12,15,22H,5-9H2,(H,23,24). The maximum Gasteiger partial charge on any atom is 0.416 e. The van der Waals surface area contributed by atoms with E-state index in [9.17, 15) is 31.5 Å². The van der Waals surface area contributed by atoms with Gasteiger partial charge >= 0.3 is 12.1 Å². The number of carboxylic acid groups (broad SMARTS) is 1. The highest BCUT2D eigenvalue weighted by Gasteiger charge is 2.59. The van der Waals surface area contributed by atoms with Gasteiger partial charge in [0.25, 0.3) is 0 Å². The van der Waals surface area contributed by atoms with Crippen LogP contribution in [-0.4, -0.2) is 25.5 Å². The van der Waals surface area contributed by atoms with Gasteiger partial charge in [0, 0.05) is 6.04 Å². The van der Waals surface area contributed by atoms with Crippen molar-refractivity contribution < 1.29 is 31.5 Å². The van der Waals surface area contributed by atoms with Gasteiger partial charge in [-0.2, -0.15) is 13.2 Å². The number of rotatable bonds is 4. The molecule has 4 saturated carbocycles. The van der Waals surface area contributed by atoms with Gasteiger partial charge in [-0.1, -0.05) is 0 Å². The van der Waals surface area contributed by atoms with Gasteiger partial charge in [0.2, 0.25) is 10.0 Å². The number of benzene rings is 1. The second-order valence-corrected chi connectivity index (χ2v) is 9.94. The monoisotopic (exact) mass is 403 g/mol. The summed E-state index contributed by atoms with van der Waals surface area (Å²) in [6.45, 7) is 0. The van der Waals surface area contributed by atoms with Crippen molar-refractivity contribution in [3.05, 3.63) is 29.8 Å². The van der Waals surface area contributed by atoms with Crippen LogP contribution in [0.4, 0.5) is 13.2 Å². The number of nitrogens with one attached hydrogen (secondary N) is 1. The molecule has 0 radical (unpaired) electrons. The molecule has 4 bridgehead atoms. The molecule has 0 heterocycles. The molecule has 148 valence electrons. The van der Waals surface area contributed by atoms with E-state index in [1.807, 2.05) is 0 Å². The molecule has 2 N–H and O–H groups in total. The van der Waals surface area contributed by atoms with Crippen molar-refractivity contribution in [1.82, 2.24) is 4.72 Å². The van der Waals surface area contributed by atoms with E-state index in [0.29, 0.717) is 25.2 Å². The second-order valence-electron chi connectivity index (χ2n) is 8.22. The highest BCUT2D eigenvalue weighted by atomic mass is 32.2. The predicted octanol–water partition coefficient (Wildman–Crippen LogP) is 3.26. The van der Waals surface area contributed by atoms with Crippen molar-refractivity contribution in [3.63, 3.8) is 0 Å². The molecule has 0 saturated heterocycles. The van der Waals surface area contributed by atoms with Crippen LogP contribution in [0.5, 0.6) is 0 Å². The summed E-state index contributed by atoms with van der Waals surface area (Å²) in [5.74, 6) is -0.579. The lowest BCUT2D eigenvalue weighted by Gasteiger charge is -2.58.